The topological polar surface area (TPSA) is 43.1 Å². The molecule has 0 heterocycles. The third-order valence-corrected chi connectivity index (χ3v) is 4.60. The molecule has 1 amide bonds. The molecular weight excluding hydrogens is 282 g/mol. The average molecular weight is 324 g/mol. The molecule has 0 aliphatic rings. The van der Waals surface area contributed by atoms with Crippen LogP contribution in [0.3, 0.4) is 0 Å². The maximum Gasteiger partial charge on any atom is 0.220 e. The molecule has 0 rings (SSSR count). The van der Waals surface area contributed by atoms with Crippen molar-refractivity contribution in [3.8, 4) is 0 Å². The van der Waals surface area contributed by atoms with Crippen molar-refractivity contribution in [3.63, 3.8) is 0 Å². The normalized spacial score (nSPS) is 12.8. The Balaban J connectivity index is 3.32. The Morgan fingerprint density at radius 2 is 1.26 bits per heavy atom. The minimum atomic E-state index is -0.107. The molecule has 0 bridgehead atoms. The van der Waals surface area contributed by atoms with Crippen LogP contribution in [0.25, 0.3) is 0 Å². The van der Waals surface area contributed by atoms with E-state index in [1.807, 2.05) is 0 Å². The molecule has 2 nitrogen and oxygen atoms in total. The van der Waals surface area contributed by atoms with Crippen LogP contribution in [-0.2, 0) is 4.79 Å². The van der Waals surface area contributed by atoms with Gasteiger partial charge in [-0.2, -0.15) is 0 Å². The highest BCUT2D eigenvalue weighted by Gasteiger charge is 2.12. The molecule has 1 atom stereocenters. The predicted octanol–water partition coefficient (Wildman–Crippen LogP) is 6.54. The van der Waals surface area contributed by atoms with Gasteiger partial charge < -0.3 is 5.73 Å². The summed E-state index contributed by atoms with van der Waals surface area (Å²) >= 11 is 0. The average Bonchev–Trinajstić information content (AvgIpc) is 2.54. The molecule has 1 unspecified atom stereocenters. The van der Waals surface area contributed by atoms with Crippen molar-refractivity contribution in [2.24, 2.45) is 11.7 Å². The first kappa shape index (κ1) is 22.2. The summed E-state index contributed by atoms with van der Waals surface area (Å²) in [4.78, 5) is 11.3. The van der Waals surface area contributed by atoms with E-state index < -0.39 is 0 Å². The number of rotatable bonds is 17. The highest BCUT2D eigenvalue weighted by molar-refractivity contribution is 5.76. The number of carbonyl (C=O) groups excluding carboxylic acids is 1. The maximum atomic E-state index is 11.3. The summed E-state index contributed by atoms with van der Waals surface area (Å²) in [6.45, 7) is 4.39. The summed E-state index contributed by atoms with van der Waals surface area (Å²) in [6.07, 6.45) is 23.4. The fourth-order valence-corrected chi connectivity index (χ4v) is 3.06. The monoisotopic (exact) mass is 323 g/mol. The minimum Gasteiger partial charge on any atom is -0.369 e. The Bertz CT molecular complexity index is 286. The van der Waals surface area contributed by atoms with Crippen LogP contribution >= 0.6 is 0 Å². The Kier molecular flexibility index (Phi) is 17.0. The van der Waals surface area contributed by atoms with Gasteiger partial charge in [-0.1, -0.05) is 83.8 Å². The predicted molar refractivity (Wildman–Crippen MR) is 102 cm³/mol. The molecule has 0 spiro atoms. The molecule has 0 aromatic rings. The maximum absolute atomic E-state index is 11.3. The number of allylic oxidation sites excluding steroid dienone is 2. The van der Waals surface area contributed by atoms with Gasteiger partial charge >= 0.3 is 0 Å². The van der Waals surface area contributed by atoms with E-state index in [1.54, 1.807) is 0 Å². The first-order valence-corrected chi connectivity index (χ1v) is 10.2. The van der Waals surface area contributed by atoms with Gasteiger partial charge in [0, 0.05) is 5.92 Å². The molecule has 0 aliphatic heterocycles. The van der Waals surface area contributed by atoms with E-state index in [2.05, 4.69) is 26.0 Å². The van der Waals surface area contributed by atoms with Crippen molar-refractivity contribution in [2.45, 2.75) is 110 Å². The second-order valence-corrected chi connectivity index (χ2v) is 6.91. The first-order chi connectivity index (χ1) is 11.2. The second kappa shape index (κ2) is 17.6. The molecule has 0 saturated heterocycles. The molecule has 2 heteroatoms. The molecular formula is C21H41NO. The van der Waals surface area contributed by atoms with E-state index in [1.165, 1.54) is 70.6 Å². The van der Waals surface area contributed by atoms with Gasteiger partial charge in [-0.15, -0.1) is 0 Å². The minimum absolute atomic E-state index is 0.107. The fourth-order valence-electron chi connectivity index (χ4n) is 3.06. The summed E-state index contributed by atoms with van der Waals surface area (Å²) in [5.74, 6) is 0.00157. The zero-order valence-electron chi connectivity index (χ0n) is 15.8. The van der Waals surface area contributed by atoms with Crippen LogP contribution in [0.4, 0.5) is 0 Å². The van der Waals surface area contributed by atoms with Gasteiger partial charge in [0.1, 0.15) is 0 Å². The van der Waals surface area contributed by atoms with Gasteiger partial charge in [-0.25, -0.2) is 0 Å². The quantitative estimate of drug-likeness (QED) is 0.240. The van der Waals surface area contributed by atoms with Gasteiger partial charge in [0.25, 0.3) is 0 Å². The smallest absolute Gasteiger partial charge is 0.220 e. The van der Waals surface area contributed by atoms with E-state index in [0.29, 0.717) is 0 Å². The van der Waals surface area contributed by atoms with Crippen molar-refractivity contribution >= 4 is 5.91 Å². The molecule has 0 aromatic carbocycles. The van der Waals surface area contributed by atoms with Crippen molar-refractivity contribution in [2.75, 3.05) is 0 Å². The summed E-state index contributed by atoms with van der Waals surface area (Å²) in [5.41, 5.74) is 5.43. The zero-order valence-corrected chi connectivity index (χ0v) is 15.8. The van der Waals surface area contributed by atoms with Crippen LogP contribution in [0.2, 0.25) is 0 Å². The van der Waals surface area contributed by atoms with Gasteiger partial charge in [-0.3, -0.25) is 4.79 Å². The number of hydrogen-bond acceptors (Lipinski definition) is 1. The number of nitrogens with two attached hydrogens (primary N) is 1. The van der Waals surface area contributed by atoms with Gasteiger partial charge in [0.05, 0.1) is 0 Å². The molecule has 0 aromatic heterocycles. The van der Waals surface area contributed by atoms with E-state index in [-0.39, 0.29) is 11.8 Å². The molecule has 23 heavy (non-hydrogen) atoms. The number of carbonyl (C=O) groups is 1. The molecule has 0 fully saturated rings. The molecule has 2 N–H and O–H groups in total. The third-order valence-electron chi connectivity index (χ3n) is 4.60. The van der Waals surface area contributed by atoms with Crippen LogP contribution in [0.5, 0.6) is 0 Å². The Morgan fingerprint density at radius 3 is 1.78 bits per heavy atom. The number of hydrogen-bond donors (Lipinski definition) is 1. The highest BCUT2D eigenvalue weighted by atomic mass is 16.1. The molecule has 0 aliphatic carbocycles. The highest BCUT2D eigenvalue weighted by Crippen LogP contribution is 2.16. The Morgan fingerprint density at radius 1 is 0.739 bits per heavy atom. The van der Waals surface area contributed by atoms with Gasteiger partial charge in [0.2, 0.25) is 5.91 Å². The lowest BCUT2D eigenvalue weighted by atomic mass is 9.95. The van der Waals surface area contributed by atoms with Crippen molar-refractivity contribution in [1.82, 2.24) is 0 Å². The summed E-state index contributed by atoms with van der Waals surface area (Å²) < 4.78 is 0. The van der Waals surface area contributed by atoms with Crippen LogP contribution in [-0.4, -0.2) is 5.91 Å². The Labute approximate surface area is 145 Å². The van der Waals surface area contributed by atoms with Crippen LogP contribution in [0.15, 0.2) is 12.2 Å². The van der Waals surface area contributed by atoms with E-state index in [9.17, 15) is 4.79 Å². The van der Waals surface area contributed by atoms with Crippen LogP contribution in [0, 0.1) is 5.92 Å². The van der Waals surface area contributed by atoms with Crippen molar-refractivity contribution < 1.29 is 4.79 Å². The van der Waals surface area contributed by atoms with E-state index >= 15 is 0 Å². The number of unbranched alkanes of at least 4 members (excludes halogenated alkanes) is 10. The fraction of sp³-hybridized carbons (Fsp3) is 0.857. The summed E-state index contributed by atoms with van der Waals surface area (Å²) in [7, 11) is 0. The number of amides is 1. The van der Waals surface area contributed by atoms with Crippen molar-refractivity contribution in [3.05, 3.63) is 12.2 Å². The lowest BCUT2D eigenvalue weighted by molar-refractivity contribution is -0.122. The molecule has 0 radical (unpaired) electrons. The first-order valence-electron chi connectivity index (χ1n) is 10.2. The Hall–Kier alpha value is -0.790. The molecule has 0 saturated carbocycles. The van der Waals surface area contributed by atoms with Crippen molar-refractivity contribution in [1.29, 1.82) is 0 Å². The lowest BCUT2D eigenvalue weighted by Crippen LogP contribution is -2.23. The zero-order chi connectivity index (χ0) is 17.2. The standard InChI is InChI=1S/C21H41NO/c1-3-5-6-7-8-9-10-11-12-13-14-15-16-17-19-20(18-4-2)21(22)23/h11-12,20H,3-10,13-19H2,1-2H3,(H2,22,23). The summed E-state index contributed by atoms with van der Waals surface area (Å²) in [6, 6.07) is 0. The molecule has 136 valence electrons. The lowest BCUT2D eigenvalue weighted by Gasteiger charge is -2.11. The number of primary amides is 1. The van der Waals surface area contributed by atoms with Crippen LogP contribution in [0.1, 0.15) is 110 Å². The van der Waals surface area contributed by atoms with Gasteiger partial charge in [-0.05, 0) is 38.5 Å². The van der Waals surface area contributed by atoms with E-state index in [0.717, 1.165) is 25.7 Å². The largest absolute Gasteiger partial charge is 0.369 e. The second-order valence-electron chi connectivity index (χ2n) is 6.91. The van der Waals surface area contributed by atoms with Gasteiger partial charge in [0.15, 0.2) is 0 Å². The van der Waals surface area contributed by atoms with E-state index in [4.69, 9.17) is 5.73 Å². The van der Waals surface area contributed by atoms with Crippen LogP contribution < -0.4 is 5.73 Å². The summed E-state index contributed by atoms with van der Waals surface area (Å²) in [5, 5.41) is 0. The SMILES string of the molecule is CCCCCCCCC=CCCCCCCC(CCC)C(N)=O. The third kappa shape index (κ3) is 15.9.